The molecule has 0 fully saturated rings. The molecule has 1 rings (SSSR count). The summed E-state index contributed by atoms with van der Waals surface area (Å²) in [6.07, 6.45) is 2.96. The fourth-order valence-corrected chi connectivity index (χ4v) is 1.81. The molecule has 0 aromatic heterocycles. The van der Waals surface area contributed by atoms with E-state index in [1.54, 1.807) is 39.8 Å². The first-order chi connectivity index (χ1) is 10.2. The average Bonchev–Trinajstić information content (AvgIpc) is 2.36. The Morgan fingerprint density at radius 1 is 1.23 bits per heavy atom. The van der Waals surface area contributed by atoms with Gasteiger partial charge in [0, 0.05) is 13.1 Å². The zero-order chi connectivity index (χ0) is 16.8. The van der Waals surface area contributed by atoms with Gasteiger partial charge in [-0.05, 0) is 27.7 Å². The Morgan fingerprint density at radius 2 is 1.86 bits per heavy atom. The van der Waals surface area contributed by atoms with Crippen LogP contribution < -0.4 is 0 Å². The van der Waals surface area contributed by atoms with Gasteiger partial charge in [0.15, 0.2) is 0 Å². The van der Waals surface area contributed by atoms with Gasteiger partial charge in [-0.3, -0.25) is 14.5 Å². The Hall–Kier alpha value is -2.05. The van der Waals surface area contributed by atoms with Gasteiger partial charge in [-0.2, -0.15) is 0 Å². The van der Waals surface area contributed by atoms with Crippen LogP contribution in [-0.4, -0.2) is 66.2 Å². The third kappa shape index (κ3) is 6.15. The van der Waals surface area contributed by atoms with Gasteiger partial charge in [-0.1, -0.05) is 12.2 Å². The zero-order valence-corrected chi connectivity index (χ0v) is 13.6. The van der Waals surface area contributed by atoms with Crippen molar-refractivity contribution in [1.29, 1.82) is 0 Å². The maximum absolute atomic E-state index is 12.2. The number of hydrogen-bond donors (Lipinski definition) is 0. The highest BCUT2D eigenvalue weighted by Gasteiger charge is 2.27. The van der Waals surface area contributed by atoms with Crippen LogP contribution in [0.25, 0.3) is 0 Å². The van der Waals surface area contributed by atoms with Gasteiger partial charge in [0.2, 0.25) is 5.91 Å². The molecule has 0 saturated heterocycles. The van der Waals surface area contributed by atoms with Crippen molar-refractivity contribution in [3.05, 3.63) is 12.2 Å². The Morgan fingerprint density at radius 3 is 2.45 bits per heavy atom. The molecule has 0 radical (unpaired) electrons. The van der Waals surface area contributed by atoms with Gasteiger partial charge in [0.25, 0.3) is 0 Å². The van der Waals surface area contributed by atoms with Crippen molar-refractivity contribution < 1.29 is 23.9 Å². The number of carbonyl (C=O) groups excluding carboxylic acids is 3. The number of rotatable bonds is 3. The number of hydrogen-bond acceptors (Lipinski definition) is 5. The molecule has 0 aliphatic carbocycles. The van der Waals surface area contributed by atoms with Crippen LogP contribution in [0.3, 0.4) is 0 Å². The molecule has 1 heterocycles. The van der Waals surface area contributed by atoms with Gasteiger partial charge in [-0.25, -0.2) is 4.79 Å². The topological polar surface area (TPSA) is 76.2 Å². The second-order valence-electron chi connectivity index (χ2n) is 5.91. The molecule has 0 spiro atoms. The first-order valence-corrected chi connectivity index (χ1v) is 7.29. The van der Waals surface area contributed by atoms with E-state index in [4.69, 9.17) is 9.47 Å². The molecular formula is C15H24N2O5. The average molecular weight is 312 g/mol. The van der Waals surface area contributed by atoms with Crippen LogP contribution in [0, 0.1) is 0 Å². The van der Waals surface area contributed by atoms with Gasteiger partial charge in [0.1, 0.15) is 18.7 Å². The molecule has 1 aliphatic rings. The molecule has 7 nitrogen and oxygen atoms in total. The van der Waals surface area contributed by atoms with Gasteiger partial charge in [0.05, 0.1) is 6.61 Å². The predicted molar refractivity (Wildman–Crippen MR) is 80.2 cm³/mol. The summed E-state index contributed by atoms with van der Waals surface area (Å²) >= 11 is 0. The van der Waals surface area contributed by atoms with E-state index in [9.17, 15) is 14.4 Å². The van der Waals surface area contributed by atoms with Crippen LogP contribution in [0.5, 0.6) is 0 Å². The summed E-state index contributed by atoms with van der Waals surface area (Å²) in [5, 5.41) is 0. The molecule has 7 heteroatoms. The molecule has 0 N–H and O–H groups in total. The summed E-state index contributed by atoms with van der Waals surface area (Å²) < 4.78 is 10.1. The maximum atomic E-state index is 12.2. The summed E-state index contributed by atoms with van der Waals surface area (Å²) in [5.74, 6) is -0.781. The number of ether oxygens (including phenoxy) is 2. The van der Waals surface area contributed by atoms with Crippen LogP contribution in [0.15, 0.2) is 12.2 Å². The largest absolute Gasteiger partial charge is 0.465 e. The van der Waals surface area contributed by atoms with Crippen LogP contribution in [0.1, 0.15) is 27.7 Å². The number of nitrogens with zero attached hydrogens (tertiary/aromatic N) is 2. The zero-order valence-electron chi connectivity index (χ0n) is 13.6. The van der Waals surface area contributed by atoms with Crippen molar-refractivity contribution in [3.63, 3.8) is 0 Å². The maximum Gasteiger partial charge on any atom is 0.411 e. The van der Waals surface area contributed by atoms with Crippen molar-refractivity contribution >= 4 is 18.0 Å². The summed E-state index contributed by atoms with van der Waals surface area (Å²) in [6.45, 7) is 7.63. The molecule has 0 bridgehead atoms. The number of esters is 1. The van der Waals surface area contributed by atoms with Crippen LogP contribution in [0.2, 0.25) is 0 Å². The van der Waals surface area contributed by atoms with Crippen molar-refractivity contribution in [2.45, 2.75) is 33.3 Å². The Balaban J connectivity index is 2.71. The van der Waals surface area contributed by atoms with E-state index in [1.165, 1.54) is 9.80 Å². The van der Waals surface area contributed by atoms with Crippen LogP contribution >= 0.6 is 0 Å². The standard InChI is InChI=1S/C15H24N2O5/c1-5-21-13(19)11-16-8-6-7-9-17(10-12(16)18)14(20)22-15(2,3)4/h6-7H,5,8-11H2,1-4H3/b7-6-. The van der Waals surface area contributed by atoms with Crippen molar-refractivity contribution in [1.82, 2.24) is 9.80 Å². The lowest BCUT2D eigenvalue weighted by Gasteiger charge is -2.29. The number of amides is 2. The summed E-state index contributed by atoms with van der Waals surface area (Å²) in [7, 11) is 0. The highest BCUT2D eigenvalue weighted by molar-refractivity contribution is 5.86. The third-order valence-electron chi connectivity index (χ3n) is 2.77. The molecule has 0 aromatic rings. The van der Waals surface area contributed by atoms with Crippen molar-refractivity contribution in [2.75, 3.05) is 32.8 Å². The second kappa shape index (κ2) is 7.82. The van der Waals surface area contributed by atoms with Gasteiger partial charge >= 0.3 is 12.1 Å². The molecule has 0 atom stereocenters. The van der Waals surface area contributed by atoms with Crippen molar-refractivity contribution in [2.24, 2.45) is 0 Å². The summed E-state index contributed by atoms with van der Waals surface area (Å²) in [5.41, 5.74) is -0.628. The van der Waals surface area contributed by atoms with E-state index in [-0.39, 0.29) is 25.6 Å². The monoisotopic (exact) mass is 312 g/mol. The first kappa shape index (κ1) is 18.0. The van der Waals surface area contributed by atoms with E-state index < -0.39 is 17.7 Å². The molecule has 0 saturated carbocycles. The lowest BCUT2D eigenvalue weighted by Crippen LogP contribution is -2.47. The Bertz CT molecular complexity index is 453. The molecule has 124 valence electrons. The lowest BCUT2D eigenvalue weighted by molar-refractivity contribution is -0.148. The van der Waals surface area contributed by atoms with Gasteiger partial charge in [-0.15, -0.1) is 0 Å². The van der Waals surface area contributed by atoms with Crippen molar-refractivity contribution in [3.8, 4) is 0 Å². The fraction of sp³-hybridized carbons (Fsp3) is 0.667. The minimum absolute atomic E-state index is 0.126. The van der Waals surface area contributed by atoms with E-state index >= 15 is 0 Å². The fourth-order valence-electron chi connectivity index (χ4n) is 1.81. The minimum Gasteiger partial charge on any atom is -0.465 e. The highest BCUT2D eigenvalue weighted by Crippen LogP contribution is 2.11. The third-order valence-corrected chi connectivity index (χ3v) is 2.77. The second-order valence-corrected chi connectivity index (χ2v) is 5.91. The predicted octanol–water partition coefficient (Wildman–Crippen LogP) is 1.18. The van der Waals surface area contributed by atoms with E-state index in [0.717, 1.165) is 0 Å². The lowest BCUT2D eigenvalue weighted by atomic mass is 10.2. The van der Waals surface area contributed by atoms with Crippen LogP contribution in [-0.2, 0) is 19.1 Å². The molecular weight excluding hydrogens is 288 g/mol. The normalized spacial score (nSPS) is 17.5. The molecule has 0 unspecified atom stereocenters. The molecule has 2 amide bonds. The summed E-state index contributed by atoms with van der Waals surface area (Å²) in [6, 6.07) is 0. The Labute approximate surface area is 130 Å². The summed E-state index contributed by atoms with van der Waals surface area (Å²) in [4.78, 5) is 38.5. The Kier molecular flexibility index (Phi) is 6.39. The quantitative estimate of drug-likeness (QED) is 0.578. The smallest absolute Gasteiger partial charge is 0.411 e. The van der Waals surface area contributed by atoms with E-state index in [2.05, 4.69) is 0 Å². The highest BCUT2D eigenvalue weighted by atomic mass is 16.6. The molecule has 22 heavy (non-hydrogen) atoms. The SMILES string of the molecule is CCOC(=O)CN1C/C=C\CN(C(=O)OC(C)(C)C)CC1=O. The van der Waals surface area contributed by atoms with E-state index in [1.807, 2.05) is 0 Å². The van der Waals surface area contributed by atoms with E-state index in [0.29, 0.717) is 13.1 Å². The first-order valence-electron chi connectivity index (χ1n) is 7.29. The van der Waals surface area contributed by atoms with Crippen LogP contribution in [0.4, 0.5) is 4.79 Å². The van der Waals surface area contributed by atoms with Gasteiger partial charge < -0.3 is 14.4 Å². The molecule has 1 aliphatic heterocycles. The minimum atomic E-state index is -0.628. The number of carbonyl (C=O) groups is 3. The molecule has 0 aromatic carbocycles.